The van der Waals surface area contributed by atoms with Crippen molar-refractivity contribution in [2.24, 2.45) is 0 Å². The Morgan fingerprint density at radius 2 is 2.40 bits per heavy atom. The summed E-state index contributed by atoms with van der Waals surface area (Å²) in [5.41, 5.74) is 1.97. The molecule has 2 heterocycles. The molecule has 76 valence electrons. The summed E-state index contributed by atoms with van der Waals surface area (Å²) in [7, 11) is 0. The van der Waals surface area contributed by atoms with Crippen LogP contribution in [-0.4, -0.2) is 16.2 Å². The number of aromatic carboxylic acids is 1. The predicted octanol–water partition coefficient (Wildman–Crippen LogP) is 2.20. The molecule has 0 saturated heterocycles. The number of aromatic nitrogens is 1. The van der Waals surface area contributed by atoms with Gasteiger partial charge in [-0.1, -0.05) is 5.16 Å². The fourth-order valence-corrected chi connectivity index (χ4v) is 2.82. The number of hydrogen-bond donors (Lipinski definition) is 1. The van der Waals surface area contributed by atoms with Gasteiger partial charge in [-0.2, -0.15) is 0 Å². The van der Waals surface area contributed by atoms with Crippen molar-refractivity contribution in [1.82, 2.24) is 5.16 Å². The first-order valence-corrected chi connectivity index (χ1v) is 5.37. The van der Waals surface area contributed by atoms with E-state index in [1.807, 2.05) is 0 Å². The SMILES string of the molecule is O=C(O)c1cc2c(s1)CCc1cnoc1-2. The van der Waals surface area contributed by atoms with Gasteiger partial charge in [0.15, 0.2) is 5.76 Å². The lowest BCUT2D eigenvalue weighted by molar-refractivity contribution is 0.0702. The average molecular weight is 221 g/mol. The van der Waals surface area contributed by atoms with Gasteiger partial charge in [-0.15, -0.1) is 11.3 Å². The van der Waals surface area contributed by atoms with Gasteiger partial charge in [0, 0.05) is 16.0 Å². The number of aryl methyl sites for hydroxylation is 2. The molecule has 0 aliphatic heterocycles. The summed E-state index contributed by atoms with van der Waals surface area (Å²) in [6.07, 6.45) is 3.46. The Hall–Kier alpha value is -1.62. The molecule has 1 aliphatic rings. The Bertz CT molecular complexity index is 541. The van der Waals surface area contributed by atoms with E-state index in [-0.39, 0.29) is 0 Å². The summed E-state index contributed by atoms with van der Waals surface area (Å²) in [5.74, 6) is -0.143. The Morgan fingerprint density at radius 3 is 3.20 bits per heavy atom. The summed E-state index contributed by atoms with van der Waals surface area (Å²) >= 11 is 1.32. The minimum Gasteiger partial charge on any atom is -0.477 e. The largest absolute Gasteiger partial charge is 0.477 e. The molecule has 0 spiro atoms. The number of carbonyl (C=O) groups is 1. The van der Waals surface area contributed by atoms with Crippen LogP contribution in [0.5, 0.6) is 0 Å². The van der Waals surface area contributed by atoms with Crippen molar-refractivity contribution >= 4 is 17.3 Å². The number of thiophene rings is 1. The van der Waals surface area contributed by atoms with Crippen LogP contribution in [0.3, 0.4) is 0 Å². The van der Waals surface area contributed by atoms with Gasteiger partial charge in [0.25, 0.3) is 0 Å². The van der Waals surface area contributed by atoms with Crippen molar-refractivity contribution in [3.05, 3.63) is 27.6 Å². The standard InChI is InChI=1S/C10H7NO3S/c12-10(13)8-3-6-7(15-8)2-1-5-4-11-14-9(5)6/h3-4H,1-2H2,(H,12,13). The second kappa shape index (κ2) is 2.93. The molecule has 1 N–H and O–H groups in total. The van der Waals surface area contributed by atoms with Gasteiger partial charge in [0.2, 0.25) is 0 Å². The zero-order valence-electron chi connectivity index (χ0n) is 7.69. The van der Waals surface area contributed by atoms with Crippen LogP contribution >= 0.6 is 11.3 Å². The van der Waals surface area contributed by atoms with Gasteiger partial charge < -0.3 is 9.63 Å². The summed E-state index contributed by atoms with van der Waals surface area (Å²) in [5, 5.41) is 12.6. The summed E-state index contributed by atoms with van der Waals surface area (Å²) in [6, 6.07) is 1.67. The molecule has 0 aromatic carbocycles. The van der Waals surface area contributed by atoms with Crippen LogP contribution in [0.15, 0.2) is 16.8 Å². The molecule has 1 aliphatic carbocycles. The van der Waals surface area contributed by atoms with Crippen molar-refractivity contribution in [2.45, 2.75) is 12.8 Å². The van der Waals surface area contributed by atoms with Crippen molar-refractivity contribution in [2.75, 3.05) is 0 Å². The Kier molecular flexibility index (Phi) is 1.70. The van der Waals surface area contributed by atoms with E-state index >= 15 is 0 Å². The second-order valence-electron chi connectivity index (χ2n) is 3.43. The maximum absolute atomic E-state index is 10.8. The highest BCUT2D eigenvalue weighted by Gasteiger charge is 2.24. The number of carboxylic acids is 1. The quantitative estimate of drug-likeness (QED) is 0.801. The maximum Gasteiger partial charge on any atom is 0.345 e. The molecule has 4 nitrogen and oxygen atoms in total. The first-order valence-electron chi connectivity index (χ1n) is 4.55. The highest BCUT2D eigenvalue weighted by molar-refractivity contribution is 7.14. The molecule has 2 aromatic heterocycles. The summed E-state index contributed by atoms with van der Waals surface area (Å²) in [4.78, 5) is 12.3. The number of hydrogen-bond acceptors (Lipinski definition) is 4. The minimum atomic E-state index is -0.879. The third kappa shape index (κ3) is 1.20. The number of fused-ring (bicyclic) bond motifs is 3. The zero-order valence-corrected chi connectivity index (χ0v) is 8.50. The Balaban J connectivity index is 2.20. The molecule has 0 radical (unpaired) electrons. The van der Waals surface area contributed by atoms with Crippen molar-refractivity contribution in [3.63, 3.8) is 0 Å². The number of rotatable bonds is 1. The first-order chi connectivity index (χ1) is 7.25. The second-order valence-corrected chi connectivity index (χ2v) is 4.57. The van der Waals surface area contributed by atoms with E-state index in [1.165, 1.54) is 11.3 Å². The fraction of sp³-hybridized carbons (Fsp3) is 0.200. The normalized spacial score (nSPS) is 13.3. The third-order valence-electron chi connectivity index (χ3n) is 2.53. The summed E-state index contributed by atoms with van der Waals surface area (Å²) < 4.78 is 5.14. The molecule has 3 rings (SSSR count). The van der Waals surface area contributed by atoms with Crippen LogP contribution in [0, 0.1) is 0 Å². The molecule has 5 heteroatoms. The Morgan fingerprint density at radius 1 is 1.53 bits per heavy atom. The molecule has 0 saturated carbocycles. The molecular weight excluding hydrogens is 214 g/mol. The van der Waals surface area contributed by atoms with Gasteiger partial charge in [-0.3, -0.25) is 0 Å². The van der Waals surface area contributed by atoms with Crippen LogP contribution in [0.1, 0.15) is 20.1 Å². The summed E-state index contributed by atoms with van der Waals surface area (Å²) in [6.45, 7) is 0. The lowest BCUT2D eigenvalue weighted by Crippen LogP contribution is -1.97. The average Bonchev–Trinajstić information content (AvgIpc) is 2.82. The molecular formula is C10H7NO3S. The van der Waals surface area contributed by atoms with E-state index in [9.17, 15) is 4.79 Å². The molecule has 0 bridgehead atoms. The van der Waals surface area contributed by atoms with Crippen molar-refractivity contribution < 1.29 is 14.4 Å². The molecule has 0 fully saturated rings. The first kappa shape index (κ1) is 8.67. The minimum absolute atomic E-state index is 0.365. The van der Waals surface area contributed by atoms with Crippen LogP contribution in [0.2, 0.25) is 0 Å². The molecule has 0 amide bonds. The highest BCUT2D eigenvalue weighted by atomic mass is 32.1. The maximum atomic E-state index is 10.8. The van der Waals surface area contributed by atoms with Crippen LogP contribution in [0.4, 0.5) is 0 Å². The third-order valence-corrected chi connectivity index (χ3v) is 3.71. The van der Waals surface area contributed by atoms with E-state index in [0.29, 0.717) is 4.88 Å². The number of carboxylic acid groups (broad SMARTS) is 1. The van der Waals surface area contributed by atoms with E-state index in [4.69, 9.17) is 9.63 Å². The molecule has 0 atom stereocenters. The van der Waals surface area contributed by atoms with E-state index in [0.717, 1.165) is 34.6 Å². The van der Waals surface area contributed by atoms with Crippen LogP contribution in [0.25, 0.3) is 11.3 Å². The predicted molar refractivity (Wildman–Crippen MR) is 54.2 cm³/mol. The van der Waals surface area contributed by atoms with E-state index < -0.39 is 5.97 Å². The Labute approximate surface area is 89.1 Å². The van der Waals surface area contributed by atoms with Gasteiger partial charge in [-0.25, -0.2) is 4.79 Å². The van der Waals surface area contributed by atoms with Crippen molar-refractivity contribution in [3.8, 4) is 11.3 Å². The zero-order chi connectivity index (χ0) is 10.4. The van der Waals surface area contributed by atoms with Gasteiger partial charge in [0.1, 0.15) is 4.88 Å². The van der Waals surface area contributed by atoms with Crippen molar-refractivity contribution in [1.29, 1.82) is 0 Å². The van der Waals surface area contributed by atoms with Gasteiger partial charge >= 0.3 is 5.97 Å². The smallest absolute Gasteiger partial charge is 0.345 e. The fourth-order valence-electron chi connectivity index (χ4n) is 1.82. The molecule has 2 aromatic rings. The molecule has 15 heavy (non-hydrogen) atoms. The lowest BCUT2D eigenvalue weighted by atomic mass is 9.98. The van der Waals surface area contributed by atoms with E-state index in [2.05, 4.69) is 5.16 Å². The lowest BCUT2D eigenvalue weighted by Gasteiger charge is -2.07. The van der Waals surface area contributed by atoms with E-state index in [1.54, 1.807) is 12.3 Å². The monoisotopic (exact) mass is 221 g/mol. The van der Waals surface area contributed by atoms with Gasteiger partial charge in [0.05, 0.1) is 6.20 Å². The highest BCUT2D eigenvalue weighted by Crippen LogP contribution is 2.38. The van der Waals surface area contributed by atoms with Crippen LogP contribution in [-0.2, 0) is 12.8 Å². The topological polar surface area (TPSA) is 63.3 Å². The number of nitrogens with zero attached hydrogens (tertiary/aromatic N) is 1. The van der Waals surface area contributed by atoms with Crippen LogP contribution < -0.4 is 0 Å². The van der Waals surface area contributed by atoms with Gasteiger partial charge in [-0.05, 0) is 18.9 Å². The molecule has 0 unspecified atom stereocenters.